The number of ether oxygens (including phenoxy) is 1. The molecule has 2 aromatic rings. The molecule has 0 fully saturated rings. The van der Waals surface area contributed by atoms with Crippen LogP contribution in [0, 0.1) is 11.3 Å². The van der Waals surface area contributed by atoms with Crippen molar-refractivity contribution >= 4 is 0 Å². The first-order valence-corrected chi connectivity index (χ1v) is 6.89. The summed E-state index contributed by atoms with van der Waals surface area (Å²) >= 11 is 0. The van der Waals surface area contributed by atoms with Gasteiger partial charge in [-0.2, -0.15) is 5.26 Å². The third kappa shape index (κ3) is 2.04. The molecule has 0 aliphatic carbocycles. The molecule has 0 amide bonds. The van der Waals surface area contributed by atoms with Crippen molar-refractivity contribution in [2.75, 3.05) is 0 Å². The number of nitrogens with zero attached hydrogens (tertiary/aromatic N) is 3. The minimum Gasteiger partial charge on any atom is -0.423 e. The van der Waals surface area contributed by atoms with Gasteiger partial charge in [0.1, 0.15) is 11.6 Å². The van der Waals surface area contributed by atoms with E-state index in [2.05, 4.69) is 0 Å². The fraction of sp³-hybridized carbons (Fsp3) is 0.188. The Kier molecular flexibility index (Phi) is 3.30. The molecule has 23 heavy (non-hydrogen) atoms. The van der Waals surface area contributed by atoms with Crippen LogP contribution in [0.5, 0.6) is 5.88 Å². The van der Waals surface area contributed by atoms with Gasteiger partial charge in [0, 0.05) is 14.1 Å². The molecule has 1 aromatic heterocycles. The van der Waals surface area contributed by atoms with Crippen molar-refractivity contribution < 1.29 is 4.74 Å². The Hall–Kier alpha value is -3.27. The Morgan fingerprint density at radius 2 is 1.83 bits per heavy atom. The van der Waals surface area contributed by atoms with Crippen LogP contribution in [-0.2, 0) is 14.1 Å². The number of fused-ring (bicyclic) bond motifs is 1. The molecule has 1 aliphatic rings. The van der Waals surface area contributed by atoms with E-state index in [4.69, 9.17) is 10.5 Å². The van der Waals surface area contributed by atoms with E-state index in [1.54, 1.807) is 12.1 Å². The predicted molar refractivity (Wildman–Crippen MR) is 82.7 cm³/mol. The van der Waals surface area contributed by atoms with Crippen LogP contribution in [-0.4, -0.2) is 9.13 Å². The third-order valence-electron chi connectivity index (χ3n) is 3.95. The van der Waals surface area contributed by atoms with E-state index in [1.807, 2.05) is 24.3 Å². The molecule has 3 rings (SSSR count). The van der Waals surface area contributed by atoms with Gasteiger partial charge in [0.15, 0.2) is 0 Å². The SMILES string of the molecule is Cn1c2c(c(=O)n(C)c1=O)C(c1ccccc1)C(C#N)=C(N)O2. The molecule has 1 atom stereocenters. The lowest BCUT2D eigenvalue weighted by Crippen LogP contribution is -2.42. The number of hydrogen-bond donors (Lipinski definition) is 1. The highest BCUT2D eigenvalue weighted by Crippen LogP contribution is 2.38. The standard InChI is InChI=1S/C16H14N4O3/c1-19-14(21)12-11(9-6-4-3-5-7-9)10(8-17)13(18)23-15(12)20(2)16(19)22/h3-7,11H,18H2,1-2H3. The zero-order valence-electron chi connectivity index (χ0n) is 12.6. The molecule has 7 nitrogen and oxygen atoms in total. The van der Waals surface area contributed by atoms with Crippen molar-refractivity contribution in [2.24, 2.45) is 19.8 Å². The minimum absolute atomic E-state index is 0.0726. The van der Waals surface area contributed by atoms with Gasteiger partial charge in [-0.15, -0.1) is 0 Å². The number of hydrogen-bond acceptors (Lipinski definition) is 5. The van der Waals surface area contributed by atoms with Gasteiger partial charge in [0.05, 0.1) is 11.5 Å². The van der Waals surface area contributed by atoms with Gasteiger partial charge in [-0.1, -0.05) is 30.3 Å². The zero-order chi connectivity index (χ0) is 16.7. The summed E-state index contributed by atoms with van der Waals surface area (Å²) in [5, 5.41) is 9.46. The van der Waals surface area contributed by atoms with Gasteiger partial charge < -0.3 is 10.5 Å². The quantitative estimate of drug-likeness (QED) is 0.816. The summed E-state index contributed by atoms with van der Waals surface area (Å²) in [7, 11) is 2.88. The molecule has 0 radical (unpaired) electrons. The molecular weight excluding hydrogens is 296 g/mol. The molecule has 0 saturated heterocycles. The molecule has 0 saturated carbocycles. The van der Waals surface area contributed by atoms with E-state index in [9.17, 15) is 14.9 Å². The van der Waals surface area contributed by atoms with Crippen LogP contribution in [0.4, 0.5) is 0 Å². The van der Waals surface area contributed by atoms with Crippen LogP contribution in [0.3, 0.4) is 0 Å². The first-order valence-electron chi connectivity index (χ1n) is 6.89. The van der Waals surface area contributed by atoms with E-state index in [1.165, 1.54) is 18.7 Å². The van der Waals surface area contributed by atoms with Gasteiger partial charge in [0.25, 0.3) is 5.56 Å². The van der Waals surface area contributed by atoms with Crippen molar-refractivity contribution in [3.05, 3.63) is 73.8 Å². The predicted octanol–water partition coefficient (Wildman–Crippen LogP) is 0.302. The maximum atomic E-state index is 12.6. The number of nitriles is 1. The lowest BCUT2D eigenvalue weighted by Gasteiger charge is -2.27. The molecule has 1 aliphatic heterocycles. The van der Waals surface area contributed by atoms with Crippen molar-refractivity contribution in [2.45, 2.75) is 5.92 Å². The second-order valence-corrected chi connectivity index (χ2v) is 5.26. The molecule has 7 heteroatoms. The molecule has 1 unspecified atom stereocenters. The molecule has 116 valence electrons. The van der Waals surface area contributed by atoms with Crippen molar-refractivity contribution in [3.8, 4) is 11.9 Å². The van der Waals surface area contributed by atoms with Crippen molar-refractivity contribution in [1.29, 1.82) is 5.26 Å². The summed E-state index contributed by atoms with van der Waals surface area (Å²) < 4.78 is 7.63. The molecule has 2 N–H and O–H groups in total. The first-order chi connectivity index (χ1) is 11.0. The Bertz CT molecular complexity index is 977. The normalized spacial score (nSPS) is 16.5. The summed E-state index contributed by atoms with van der Waals surface area (Å²) in [6.07, 6.45) is 0. The second-order valence-electron chi connectivity index (χ2n) is 5.26. The van der Waals surface area contributed by atoms with Gasteiger partial charge in [-0.25, -0.2) is 4.79 Å². The van der Waals surface area contributed by atoms with Crippen LogP contribution >= 0.6 is 0 Å². The molecular formula is C16H14N4O3. The maximum Gasteiger partial charge on any atom is 0.333 e. The monoisotopic (exact) mass is 310 g/mol. The fourth-order valence-corrected chi connectivity index (χ4v) is 2.77. The van der Waals surface area contributed by atoms with Gasteiger partial charge >= 0.3 is 5.69 Å². The fourth-order valence-electron chi connectivity index (χ4n) is 2.77. The number of rotatable bonds is 1. The highest BCUT2D eigenvalue weighted by Gasteiger charge is 2.35. The summed E-state index contributed by atoms with van der Waals surface area (Å²) in [5.74, 6) is -0.698. The summed E-state index contributed by atoms with van der Waals surface area (Å²) in [5.41, 5.74) is 5.94. The molecule has 0 spiro atoms. The Morgan fingerprint density at radius 3 is 2.43 bits per heavy atom. The Labute approximate surface area is 131 Å². The van der Waals surface area contributed by atoms with Crippen LogP contribution in [0.1, 0.15) is 17.0 Å². The average molecular weight is 310 g/mol. The number of nitrogens with two attached hydrogens (primary N) is 1. The topological polar surface area (TPSA) is 103 Å². The first kappa shape index (κ1) is 14.7. The highest BCUT2D eigenvalue weighted by molar-refractivity contribution is 5.52. The Balaban J connectivity index is 2.43. The second kappa shape index (κ2) is 5.18. The largest absolute Gasteiger partial charge is 0.423 e. The van der Waals surface area contributed by atoms with E-state index in [-0.39, 0.29) is 22.9 Å². The van der Waals surface area contributed by atoms with Gasteiger partial charge in [-0.05, 0) is 5.56 Å². The van der Waals surface area contributed by atoms with E-state index in [0.29, 0.717) is 0 Å². The lowest BCUT2D eigenvalue weighted by atomic mass is 9.85. The zero-order valence-corrected chi connectivity index (χ0v) is 12.6. The van der Waals surface area contributed by atoms with Crippen LogP contribution in [0.15, 0.2) is 51.4 Å². The molecule has 2 heterocycles. The van der Waals surface area contributed by atoms with E-state index in [0.717, 1.165) is 10.1 Å². The number of benzene rings is 1. The number of aromatic nitrogens is 2. The summed E-state index contributed by atoms with van der Waals surface area (Å²) in [6, 6.07) is 11.1. The number of allylic oxidation sites excluding steroid dienone is 1. The maximum absolute atomic E-state index is 12.6. The smallest absolute Gasteiger partial charge is 0.333 e. The molecule has 0 bridgehead atoms. The third-order valence-corrected chi connectivity index (χ3v) is 3.95. The van der Waals surface area contributed by atoms with Crippen LogP contribution < -0.4 is 21.7 Å². The summed E-state index contributed by atoms with van der Waals surface area (Å²) in [6.45, 7) is 0. The Morgan fingerprint density at radius 1 is 1.17 bits per heavy atom. The highest BCUT2D eigenvalue weighted by atomic mass is 16.5. The van der Waals surface area contributed by atoms with Gasteiger partial charge in [-0.3, -0.25) is 13.9 Å². The van der Waals surface area contributed by atoms with Crippen LogP contribution in [0.25, 0.3) is 0 Å². The van der Waals surface area contributed by atoms with E-state index < -0.39 is 17.2 Å². The average Bonchev–Trinajstić information content (AvgIpc) is 2.57. The minimum atomic E-state index is -0.671. The van der Waals surface area contributed by atoms with Crippen LogP contribution in [0.2, 0.25) is 0 Å². The van der Waals surface area contributed by atoms with Crippen molar-refractivity contribution in [3.63, 3.8) is 0 Å². The summed E-state index contributed by atoms with van der Waals surface area (Å²) in [4.78, 5) is 24.7. The lowest BCUT2D eigenvalue weighted by molar-refractivity contribution is 0.348. The van der Waals surface area contributed by atoms with Gasteiger partial charge in [0.2, 0.25) is 11.8 Å². The van der Waals surface area contributed by atoms with E-state index >= 15 is 0 Å². The van der Waals surface area contributed by atoms with Crippen molar-refractivity contribution in [1.82, 2.24) is 9.13 Å². The molecule has 1 aromatic carbocycles.